The normalized spacial score (nSPS) is 26.4. The molecule has 1 amide bonds. The van der Waals surface area contributed by atoms with Crippen molar-refractivity contribution in [2.24, 2.45) is 0 Å². The number of carbonyl (C=O) groups excluding carboxylic acids is 2. The minimum absolute atomic E-state index is 0.0839. The fourth-order valence-corrected chi connectivity index (χ4v) is 3.21. The number of Topliss-reactive ketones (excluding diaryl/α,β-unsaturated/α-hetero) is 1. The van der Waals surface area contributed by atoms with E-state index in [1.54, 1.807) is 18.2 Å². The van der Waals surface area contributed by atoms with Crippen LogP contribution in [0.2, 0.25) is 0 Å². The van der Waals surface area contributed by atoms with Crippen LogP contribution in [0.3, 0.4) is 0 Å². The molecule has 3 rings (SSSR count). The molecule has 0 bridgehead atoms. The lowest BCUT2D eigenvalue weighted by atomic mass is 9.93. The summed E-state index contributed by atoms with van der Waals surface area (Å²) < 4.78 is 0. The Labute approximate surface area is 118 Å². The minimum Gasteiger partial charge on any atom is -0.373 e. The molecule has 0 aliphatic heterocycles. The Morgan fingerprint density at radius 1 is 1.20 bits per heavy atom. The molecule has 2 aliphatic rings. The second kappa shape index (κ2) is 5.02. The summed E-state index contributed by atoms with van der Waals surface area (Å²) >= 11 is 0. The lowest BCUT2D eigenvalue weighted by Crippen LogP contribution is -2.54. The van der Waals surface area contributed by atoms with E-state index in [-0.39, 0.29) is 12.5 Å². The molecule has 1 saturated carbocycles. The number of hydrogen-bond acceptors (Lipinski definition) is 3. The maximum Gasteiger partial charge on any atom is 0.260 e. The molecule has 1 atom stereocenters. The van der Waals surface area contributed by atoms with E-state index in [1.165, 1.54) is 6.42 Å². The van der Waals surface area contributed by atoms with Crippen molar-refractivity contribution in [3.8, 4) is 0 Å². The van der Waals surface area contributed by atoms with Crippen LogP contribution < -0.4 is 5.32 Å². The Bertz CT molecular complexity index is 548. The van der Waals surface area contributed by atoms with Gasteiger partial charge in [0, 0.05) is 18.0 Å². The minimum atomic E-state index is -1.92. The van der Waals surface area contributed by atoms with Gasteiger partial charge in [0.2, 0.25) is 11.4 Å². The molecule has 0 unspecified atom stereocenters. The summed E-state index contributed by atoms with van der Waals surface area (Å²) in [7, 11) is 0. The molecule has 106 valence electrons. The number of fused-ring (bicyclic) bond motifs is 1. The van der Waals surface area contributed by atoms with E-state index in [0.29, 0.717) is 5.56 Å². The third-order valence-electron chi connectivity index (χ3n) is 4.40. The highest BCUT2D eigenvalue weighted by molar-refractivity contribution is 6.20. The number of nitrogens with one attached hydrogen (secondary N) is 1. The average Bonchev–Trinajstić information content (AvgIpc) is 2.73. The van der Waals surface area contributed by atoms with Gasteiger partial charge < -0.3 is 10.4 Å². The molecule has 0 aromatic heterocycles. The van der Waals surface area contributed by atoms with Crippen molar-refractivity contribution in [3.63, 3.8) is 0 Å². The number of hydrogen-bond donors (Lipinski definition) is 2. The predicted molar refractivity (Wildman–Crippen MR) is 74.4 cm³/mol. The van der Waals surface area contributed by atoms with Crippen LogP contribution in [0.15, 0.2) is 24.3 Å². The van der Waals surface area contributed by atoms with Crippen LogP contribution in [-0.4, -0.2) is 28.4 Å². The third kappa shape index (κ3) is 2.14. The van der Waals surface area contributed by atoms with Crippen molar-refractivity contribution in [2.75, 3.05) is 0 Å². The van der Waals surface area contributed by atoms with Crippen molar-refractivity contribution < 1.29 is 14.7 Å². The van der Waals surface area contributed by atoms with Crippen LogP contribution in [0.5, 0.6) is 0 Å². The van der Waals surface area contributed by atoms with Gasteiger partial charge in [0.25, 0.3) is 5.91 Å². The Balaban J connectivity index is 1.76. The molecule has 1 fully saturated rings. The van der Waals surface area contributed by atoms with Crippen LogP contribution in [0.4, 0.5) is 0 Å². The van der Waals surface area contributed by atoms with Crippen LogP contribution in [0, 0.1) is 0 Å². The smallest absolute Gasteiger partial charge is 0.260 e. The van der Waals surface area contributed by atoms with E-state index >= 15 is 0 Å². The number of benzene rings is 1. The number of ketones is 1. The van der Waals surface area contributed by atoms with Crippen molar-refractivity contribution in [2.45, 2.75) is 50.2 Å². The van der Waals surface area contributed by atoms with E-state index in [1.807, 2.05) is 6.07 Å². The van der Waals surface area contributed by atoms with E-state index in [0.717, 1.165) is 31.2 Å². The molecule has 0 spiro atoms. The Hall–Kier alpha value is -1.68. The summed E-state index contributed by atoms with van der Waals surface area (Å²) in [6.07, 6.45) is 5.34. The Kier molecular flexibility index (Phi) is 3.34. The molecule has 0 saturated heterocycles. The largest absolute Gasteiger partial charge is 0.373 e. The highest BCUT2D eigenvalue weighted by Crippen LogP contribution is 2.30. The summed E-state index contributed by atoms with van der Waals surface area (Å²) in [5.74, 6) is -1.01. The predicted octanol–water partition coefficient (Wildman–Crippen LogP) is 1.61. The molecule has 0 heterocycles. The quantitative estimate of drug-likeness (QED) is 0.804. The molecule has 2 N–H and O–H groups in total. The lowest BCUT2D eigenvalue weighted by Gasteiger charge is -2.27. The van der Waals surface area contributed by atoms with Crippen LogP contribution in [-0.2, 0) is 11.2 Å². The van der Waals surface area contributed by atoms with E-state index in [4.69, 9.17) is 0 Å². The number of carbonyl (C=O) groups is 2. The lowest BCUT2D eigenvalue weighted by molar-refractivity contribution is -0.135. The molecular formula is C16H19NO3. The van der Waals surface area contributed by atoms with E-state index in [9.17, 15) is 14.7 Å². The summed E-state index contributed by atoms with van der Waals surface area (Å²) in [5.41, 5.74) is -0.700. The topological polar surface area (TPSA) is 66.4 Å². The number of rotatable bonds is 2. The highest BCUT2D eigenvalue weighted by Gasteiger charge is 2.50. The molecule has 1 aromatic carbocycles. The SMILES string of the molecule is O=C(NC1CCCCC1)[C@]1(O)Cc2ccccc2C1=O. The molecule has 0 radical (unpaired) electrons. The van der Waals surface area contributed by atoms with E-state index < -0.39 is 17.3 Å². The zero-order valence-corrected chi connectivity index (χ0v) is 11.4. The molecule has 20 heavy (non-hydrogen) atoms. The van der Waals surface area contributed by atoms with Gasteiger partial charge in [-0.1, -0.05) is 43.5 Å². The summed E-state index contributed by atoms with van der Waals surface area (Å²) in [5, 5.41) is 13.4. The van der Waals surface area contributed by atoms with Gasteiger partial charge in [0.15, 0.2) is 0 Å². The molecule has 2 aliphatic carbocycles. The summed E-state index contributed by atoms with van der Waals surface area (Å²) in [4.78, 5) is 24.6. The molecule has 4 nitrogen and oxygen atoms in total. The maximum absolute atomic E-state index is 12.3. The van der Waals surface area contributed by atoms with Gasteiger partial charge in [-0.2, -0.15) is 0 Å². The first-order valence-electron chi connectivity index (χ1n) is 7.27. The van der Waals surface area contributed by atoms with Crippen LogP contribution in [0.25, 0.3) is 0 Å². The Morgan fingerprint density at radius 3 is 2.60 bits per heavy atom. The standard InChI is InChI=1S/C16H19NO3/c18-14-13-9-5-4-6-11(13)10-16(14,20)15(19)17-12-7-2-1-3-8-12/h4-6,9,12,20H,1-3,7-8,10H2,(H,17,19)/t16-/m0/s1. The monoisotopic (exact) mass is 273 g/mol. The van der Waals surface area contributed by atoms with E-state index in [2.05, 4.69) is 5.32 Å². The van der Waals surface area contributed by atoms with Gasteiger partial charge in [-0.15, -0.1) is 0 Å². The zero-order chi connectivity index (χ0) is 14.2. The first-order valence-corrected chi connectivity index (χ1v) is 7.27. The molecular weight excluding hydrogens is 254 g/mol. The maximum atomic E-state index is 12.3. The summed E-state index contributed by atoms with van der Waals surface area (Å²) in [6.45, 7) is 0. The van der Waals surface area contributed by atoms with Gasteiger partial charge in [-0.25, -0.2) is 0 Å². The van der Waals surface area contributed by atoms with Crippen LogP contribution >= 0.6 is 0 Å². The molecule has 4 heteroatoms. The van der Waals surface area contributed by atoms with Gasteiger partial charge in [0.1, 0.15) is 0 Å². The average molecular weight is 273 g/mol. The first-order chi connectivity index (χ1) is 9.61. The van der Waals surface area contributed by atoms with Gasteiger partial charge in [0.05, 0.1) is 0 Å². The Morgan fingerprint density at radius 2 is 1.90 bits per heavy atom. The first kappa shape index (κ1) is 13.3. The van der Waals surface area contributed by atoms with Crippen molar-refractivity contribution in [1.82, 2.24) is 5.32 Å². The number of aliphatic hydroxyl groups is 1. The van der Waals surface area contributed by atoms with Gasteiger partial charge in [-0.3, -0.25) is 9.59 Å². The highest BCUT2D eigenvalue weighted by atomic mass is 16.3. The second-order valence-electron chi connectivity index (χ2n) is 5.83. The van der Waals surface area contributed by atoms with Crippen molar-refractivity contribution >= 4 is 11.7 Å². The fourth-order valence-electron chi connectivity index (χ4n) is 3.21. The second-order valence-corrected chi connectivity index (χ2v) is 5.83. The molecule has 1 aromatic rings. The number of amides is 1. The third-order valence-corrected chi connectivity index (χ3v) is 4.40. The zero-order valence-electron chi connectivity index (χ0n) is 11.4. The van der Waals surface area contributed by atoms with Crippen molar-refractivity contribution in [1.29, 1.82) is 0 Å². The van der Waals surface area contributed by atoms with Gasteiger partial charge >= 0.3 is 0 Å². The van der Waals surface area contributed by atoms with Crippen molar-refractivity contribution in [3.05, 3.63) is 35.4 Å². The van der Waals surface area contributed by atoms with Gasteiger partial charge in [-0.05, 0) is 18.4 Å². The fraction of sp³-hybridized carbons (Fsp3) is 0.500. The van der Waals surface area contributed by atoms with Crippen LogP contribution in [0.1, 0.15) is 48.0 Å². The summed E-state index contributed by atoms with van der Waals surface area (Å²) in [6, 6.07) is 7.12.